The van der Waals surface area contributed by atoms with Crippen LogP contribution in [0.25, 0.3) is 0 Å². The van der Waals surface area contributed by atoms with Gasteiger partial charge in [0.1, 0.15) is 11.6 Å². The number of carbonyl (C=O) groups is 1. The van der Waals surface area contributed by atoms with E-state index in [1.165, 1.54) is 0 Å². The molecular weight excluding hydrogens is 226 g/mol. The molecule has 1 aliphatic heterocycles. The zero-order valence-corrected chi connectivity index (χ0v) is 8.24. The second-order valence-corrected chi connectivity index (χ2v) is 3.63. The Bertz CT molecular complexity index is 402. The van der Waals surface area contributed by atoms with E-state index in [0.29, 0.717) is 0 Å². The number of nitrogens with one attached hydrogen (secondary N) is 2. The summed E-state index contributed by atoms with van der Waals surface area (Å²) >= 11 is 5.47. The van der Waals surface area contributed by atoms with Gasteiger partial charge in [0, 0.05) is 17.1 Å². The highest BCUT2D eigenvalue weighted by atomic mass is 35.5. The Morgan fingerprint density at radius 3 is 2.40 bits per heavy atom. The maximum absolute atomic E-state index is 13.4. The molecule has 0 saturated carbocycles. The molecule has 0 spiro atoms. The van der Waals surface area contributed by atoms with Gasteiger partial charge < -0.3 is 10.6 Å². The molecule has 1 aliphatic rings. The number of carbonyl (C=O) groups excluding carboxylic acids is 1. The predicted molar refractivity (Wildman–Crippen MR) is 50.6 cm³/mol. The van der Waals surface area contributed by atoms with Crippen molar-refractivity contribution in [2.75, 3.05) is 6.54 Å². The number of hydrogen-bond acceptors (Lipinski definition) is 1. The zero-order valence-electron chi connectivity index (χ0n) is 7.48. The van der Waals surface area contributed by atoms with E-state index >= 15 is 0 Å². The van der Waals surface area contributed by atoms with Gasteiger partial charge in [0.25, 0.3) is 0 Å². The highest BCUT2D eigenvalue weighted by Crippen LogP contribution is 2.25. The van der Waals surface area contributed by atoms with E-state index < -0.39 is 23.7 Å². The van der Waals surface area contributed by atoms with Gasteiger partial charge in [0.15, 0.2) is 0 Å². The summed E-state index contributed by atoms with van der Waals surface area (Å²) in [5.74, 6) is -1.51. The second kappa shape index (κ2) is 3.66. The summed E-state index contributed by atoms with van der Waals surface area (Å²) < 4.78 is 26.8. The number of amides is 2. The Morgan fingerprint density at radius 2 is 1.93 bits per heavy atom. The SMILES string of the molecule is O=C1NC[C@@H](c2c(F)cc(Cl)cc2F)N1. The first-order valence-electron chi connectivity index (χ1n) is 4.26. The van der Waals surface area contributed by atoms with Crippen molar-refractivity contribution in [1.82, 2.24) is 10.6 Å². The van der Waals surface area contributed by atoms with Crippen LogP contribution in [-0.4, -0.2) is 12.6 Å². The van der Waals surface area contributed by atoms with E-state index in [1.54, 1.807) is 0 Å². The molecule has 3 nitrogen and oxygen atoms in total. The quantitative estimate of drug-likeness (QED) is 0.764. The maximum atomic E-state index is 13.4. The van der Waals surface area contributed by atoms with Crippen molar-refractivity contribution < 1.29 is 13.6 Å². The Kier molecular flexibility index (Phi) is 2.48. The van der Waals surface area contributed by atoms with Crippen LogP contribution in [0.2, 0.25) is 5.02 Å². The van der Waals surface area contributed by atoms with Crippen molar-refractivity contribution in [3.8, 4) is 0 Å². The van der Waals surface area contributed by atoms with Crippen LogP contribution in [0.1, 0.15) is 11.6 Å². The first-order valence-corrected chi connectivity index (χ1v) is 4.64. The Labute approximate surface area is 89.4 Å². The van der Waals surface area contributed by atoms with Crippen molar-refractivity contribution in [1.29, 1.82) is 0 Å². The molecule has 1 atom stereocenters. The fourth-order valence-electron chi connectivity index (χ4n) is 1.52. The average Bonchev–Trinajstić information content (AvgIpc) is 2.49. The largest absolute Gasteiger partial charge is 0.336 e. The standard InChI is InChI=1S/C9H7ClF2N2O/c10-4-1-5(11)8(6(12)2-4)7-3-13-9(15)14-7/h1-2,7H,3H2,(H2,13,14,15)/t7-/m0/s1. The molecule has 15 heavy (non-hydrogen) atoms. The molecule has 1 aromatic carbocycles. The van der Waals surface area contributed by atoms with Crippen LogP contribution in [-0.2, 0) is 0 Å². The fourth-order valence-corrected chi connectivity index (χ4v) is 1.71. The number of benzene rings is 1. The molecule has 2 rings (SSSR count). The molecular formula is C9H7ClF2N2O. The molecule has 0 radical (unpaired) electrons. The number of rotatable bonds is 1. The van der Waals surface area contributed by atoms with Crippen LogP contribution in [0.5, 0.6) is 0 Å². The monoisotopic (exact) mass is 232 g/mol. The molecule has 2 N–H and O–H groups in total. The van der Waals surface area contributed by atoms with E-state index in [9.17, 15) is 13.6 Å². The van der Waals surface area contributed by atoms with Crippen molar-refractivity contribution >= 4 is 17.6 Å². The number of urea groups is 1. The van der Waals surface area contributed by atoms with Gasteiger partial charge in [-0.15, -0.1) is 0 Å². The Balaban J connectivity index is 2.39. The van der Waals surface area contributed by atoms with E-state index in [1.807, 2.05) is 0 Å². The molecule has 6 heteroatoms. The minimum absolute atomic E-state index is 0.00830. The van der Waals surface area contributed by atoms with Gasteiger partial charge in [-0.2, -0.15) is 0 Å². The van der Waals surface area contributed by atoms with Crippen molar-refractivity contribution in [2.24, 2.45) is 0 Å². The third-order valence-electron chi connectivity index (χ3n) is 2.16. The van der Waals surface area contributed by atoms with E-state index in [4.69, 9.17) is 11.6 Å². The molecule has 0 aliphatic carbocycles. The molecule has 1 fully saturated rings. The van der Waals surface area contributed by atoms with Gasteiger partial charge in [0.05, 0.1) is 6.04 Å². The van der Waals surface area contributed by atoms with E-state index in [0.717, 1.165) is 12.1 Å². The second-order valence-electron chi connectivity index (χ2n) is 3.19. The smallest absolute Gasteiger partial charge is 0.315 e. The minimum Gasteiger partial charge on any atom is -0.336 e. The van der Waals surface area contributed by atoms with Gasteiger partial charge >= 0.3 is 6.03 Å². The van der Waals surface area contributed by atoms with E-state index in [-0.39, 0.29) is 17.1 Å². The predicted octanol–water partition coefficient (Wildman–Crippen LogP) is 1.97. The summed E-state index contributed by atoms with van der Waals surface area (Å²) in [6.45, 7) is 0.161. The molecule has 0 aromatic heterocycles. The third-order valence-corrected chi connectivity index (χ3v) is 2.38. The molecule has 1 saturated heterocycles. The van der Waals surface area contributed by atoms with Crippen LogP contribution in [0, 0.1) is 11.6 Å². The Morgan fingerprint density at radius 1 is 1.33 bits per heavy atom. The molecule has 1 aromatic rings. The summed E-state index contributed by atoms with van der Waals surface area (Å²) in [6.07, 6.45) is 0. The average molecular weight is 233 g/mol. The summed E-state index contributed by atoms with van der Waals surface area (Å²) in [6, 6.07) is 0.915. The van der Waals surface area contributed by atoms with E-state index in [2.05, 4.69) is 10.6 Å². The van der Waals surface area contributed by atoms with Crippen LogP contribution >= 0.6 is 11.6 Å². The lowest BCUT2D eigenvalue weighted by atomic mass is 10.1. The van der Waals surface area contributed by atoms with Crippen LogP contribution in [0.4, 0.5) is 13.6 Å². The van der Waals surface area contributed by atoms with Crippen LogP contribution < -0.4 is 10.6 Å². The number of halogens is 3. The molecule has 1 heterocycles. The topological polar surface area (TPSA) is 41.1 Å². The molecule has 2 amide bonds. The first-order chi connectivity index (χ1) is 7.08. The lowest BCUT2D eigenvalue weighted by molar-refractivity contribution is 0.247. The first kappa shape index (κ1) is 10.2. The zero-order chi connectivity index (χ0) is 11.0. The van der Waals surface area contributed by atoms with Gasteiger partial charge in [-0.25, -0.2) is 13.6 Å². The van der Waals surface area contributed by atoms with Crippen molar-refractivity contribution in [2.45, 2.75) is 6.04 Å². The highest BCUT2D eigenvalue weighted by Gasteiger charge is 2.27. The van der Waals surface area contributed by atoms with Gasteiger partial charge in [-0.1, -0.05) is 11.6 Å². The molecule has 0 unspecified atom stereocenters. The summed E-state index contributed by atoms with van der Waals surface area (Å²) in [5, 5.41) is 4.81. The van der Waals surface area contributed by atoms with Gasteiger partial charge in [-0.05, 0) is 12.1 Å². The minimum atomic E-state index is -0.756. The number of hydrogen-bond donors (Lipinski definition) is 2. The highest BCUT2D eigenvalue weighted by molar-refractivity contribution is 6.30. The molecule has 80 valence electrons. The van der Waals surface area contributed by atoms with Crippen molar-refractivity contribution in [3.63, 3.8) is 0 Å². The summed E-state index contributed by atoms with van der Waals surface area (Å²) in [4.78, 5) is 10.8. The lowest BCUT2D eigenvalue weighted by Crippen LogP contribution is -2.22. The van der Waals surface area contributed by atoms with Crippen LogP contribution in [0.15, 0.2) is 12.1 Å². The molecule has 0 bridgehead atoms. The van der Waals surface area contributed by atoms with Gasteiger partial charge in [0.2, 0.25) is 0 Å². The lowest BCUT2D eigenvalue weighted by Gasteiger charge is -2.11. The van der Waals surface area contributed by atoms with Crippen molar-refractivity contribution in [3.05, 3.63) is 34.4 Å². The van der Waals surface area contributed by atoms with Gasteiger partial charge in [-0.3, -0.25) is 0 Å². The van der Waals surface area contributed by atoms with Crippen LogP contribution in [0.3, 0.4) is 0 Å². The summed E-state index contributed by atoms with van der Waals surface area (Å²) in [5.41, 5.74) is -0.169. The normalized spacial score (nSPS) is 19.9. The fraction of sp³-hybridized carbons (Fsp3) is 0.222. The Hall–Kier alpha value is -1.36. The summed E-state index contributed by atoms with van der Waals surface area (Å²) in [7, 11) is 0. The third kappa shape index (κ3) is 1.87. The maximum Gasteiger partial charge on any atom is 0.315 e.